The van der Waals surface area contributed by atoms with Gasteiger partial charge in [0.2, 0.25) is 0 Å². The van der Waals surface area contributed by atoms with Crippen LogP contribution in [0.1, 0.15) is 39.3 Å². The standard InChI is InChI=1S/C30H26N6O3S/c1-16-25-27-26(31-15-40-27)28(33-21-8-10-23(38-2)24(13-21)39-3)35-30(16,25)19-6-4-5-17(11-19)29(37)34-20-7-9-22-18(12-20)14-32-36-22/h4-16,25H,1-3H3,(H,32,36)(H,33,35)(H,34,37). The minimum atomic E-state index is -0.482. The number of hydrogen-bond acceptors (Lipinski definition) is 8. The van der Waals surface area contributed by atoms with E-state index in [0.29, 0.717) is 28.6 Å². The number of H-pyrrole nitrogens is 1. The van der Waals surface area contributed by atoms with Crippen LogP contribution in [0.25, 0.3) is 10.9 Å². The number of ether oxygens (including phenoxy) is 2. The Hall–Kier alpha value is -4.70. The fourth-order valence-corrected chi connectivity index (χ4v) is 6.87. The summed E-state index contributed by atoms with van der Waals surface area (Å²) in [4.78, 5) is 24.4. The summed E-state index contributed by atoms with van der Waals surface area (Å²) >= 11 is 1.65. The molecule has 1 saturated carbocycles. The number of aromatic nitrogens is 3. The van der Waals surface area contributed by atoms with Gasteiger partial charge in [-0.1, -0.05) is 19.1 Å². The Morgan fingerprint density at radius 3 is 2.73 bits per heavy atom. The van der Waals surface area contributed by atoms with Crippen LogP contribution < -0.4 is 20.1 Å². The maximum Gasteiger partial charge on any atom is 0.255 e. The third-order valence-electron chi connectivity index (χ3n) is 7.89. The quantitative estimate of drug-likeness (QED) is 0.247. The SMILES string of the molecule is COc1ccc(NC2=NC3(c4cccc(C(=O)Nc5ccc6[nH]ncc6c5)c4)C(C)C3c3scnc32)cc1OC. The largest absolute Gasteiger partial charge is 0.493 e. The molecule has 2 aromatic heterocycles. The summed E-state index contributed by atoms with van der Waals surface area (Å²) in [5, 5.41) is 14.4. The maximum absolute atomic E-state index is 13.3. The molecule has 0 radical (unpaired) electrons. The second-order valence-corrected chi connectivity index (χ2v) is 10.9. The Morgan fingerprint density at radius 2 is 1.88 bits per heavy atom. The molecule has 3 unspecified atom stereocenters. The summed E-state index contributed by atoms with van der Waals surface area (Å²) in [6.45, 7) is 2.21. The molecule has 1 fully saturated rings. The van der Waals surface area contributed by atoms with Crippen molar-refractivity contribution >= 4 is 45.4 Å². The minimum absolute atomic E-state index is 0.173. The summed E-state index contributed by atoms with van der Waals surface area (Å²) in [6, 6.07) is 19.1. The first-order valence-electron chi connectivity index (χ1n) is 12.9. The molecule has 2 aliphatic rings. The van der Waals surface area contributed by atoms with Crippen LogP contribution >= 0.6 is 11.3 Å². The summed E-state index contributed by atoms with van der Waals surface area (Å²) in [5.41, 5.74) is 6.30. The lowest BCUT2D eigenvalue weighted by atomic mass is 9.96. The molecular weight excluding hydrogens is 524 g/mol. The first-order valence-corrected chi connectivity index (χ1v) is 13.8. The van der Waals surface area contributed by atoms with Gasteiger partial charge < -0.3 is 20.1 Å². The Bertz CT molecular complexity index is 1810. The number of methoxy groups -OCH3 is 2. The third kappa shape index (κ3) is 3.75. The first-order chi connectivity index (χ1) is 19.5. The second kappa shape index (κ2) is 9.20. The zero-order chi connectivity index (χ0) is 27.4. The average molecular weight is 551 g/mol. The van der Waals surface area contributed by atoms with Gasteiger partial charge in [0, 0.05) is 39.2 Å². The lowest BCUT2D eigenvalue weighted by molar-refractivity contribution is 0.102. The highest BCUT2D eigenvalue weighted by atomic mass is 32.1. The van der Waals surface area contributed by atoms with Crippen molar-refractivity contribution in [2.75, 3.05) is 24.9 Å². The maximum atomic E-state index is 13.3. The summed E-state index contributed by atoms with van der Waals surface area (Å²) in [5.74, 6) is 2.26. The van der Waals surface area contributed by atoms with Crippen LogP contribution in [0.2, 0.25) is 0 Å². The van der Waals surface area contributed by atoms with Gasteiger partial charge in [0.05, 0.1) is 37.0 Å². The monoisotopic (exact) mass is 550 g/mol. The van der Waals surface area contributed by atoms with Crippen molar-refractivity contribution in [1.82, 2.24) is 15.2 Å². The molecule has 1 aliphatic carbocycles. The summed E-state index contributed by atoms with van der Waals surface area (Å²) in [7, 11) is 3.23. The molecule has 3 N–H and O–H groups in total. The van der Waals surface area contributed by atoms with Gasteiger partial charge in [0.15, 0.2) is 17.3 Å². The molecule has 200 valence electrons. The number of rotatable bonds is 6. The Labute approximate surface area is 234 Å². The average Bonchev–Trinajstić information content (AvgIpc) is 3.35. The Balaban J connectivity index is 1.22. The van der Waals surface area contributed by atoms with Crippen molar-refractivity contribution in [3.05, 3.63) is 94.1 Å². The van der Waals surface area contributed by atoms with E-state index >= 15 is 0 Å². The molecule has 3 aromatic carbocycles. The number of hydrogen-bond donors (Lipinski definition) is 3. The number of thiazole rings is 1. The van der Waals surface area contributed by atoms with Crippen LogP contribution in [0, 0.1) is 5.92 Å². The number of aromatic amines is 1. The molecule has 1 amide bonds. The van der Waals surface area contributed by atoms with Gasteiger partial charge in [-0.15, -0.1) is 11.3 Å². The van der Waals surface area contributed by atoms with Crippen LogP contribution in [0.15, 0.2) is 77.4 Å². The highest BCUT2D eigenvalue weighted by Gasteiger charge is 2.67. The first kappa shape index (κ1) is 24.3. The lowest BCUT2D eigenvalue weighted by Crippen LogP contribution is -2.24. The van der Waals surface area contributed by atoms with Crippen molar-refractivity contribution < 1.29 is 14.3 Å². The fourth-order valence-electron chi connectivity index (χ4n) is 5.81. The van der Waals surface area contributed by atoms with Gasteiger partial charge >= 0.3 is 0 Å². The highest BCUT2D eigenvalue weighted by molar-refractivity contribution is 7.10. The minimum Gasteiger partial charge on any atom is -0.493 e. The van der Waals surface area contributed by atoms with Gasteiger partial charge in [-0.25, -0.2) is 4.98 Å². The van der Waals surface area contributed by atoms with E-state index in [4.69, 9.17) is 14.5 Å². The number of nitrogens with one attached hydrogen (secondary N) is 3. The molecule has 7 rings (SSSR count). The molecule has 9 nitrogen and oxygen atoms in total. The van der Waals surface area contributed by atoms with Crippen LogP contribution in [0.5, 0.6) is 11.5 Å². The van der Waals surface area contributed by atoms with E-state index in [-0.39, 0.29) is 17.7 Å². The molecular formula is C30H26N6O3S. The van der Waals surface area contributed by atoms with Crippen molar-refractivity contribution in [3.8, 4) is 11.5 Å². The van der Waals surface area contributed by atoms with Crippen molar-refractivity contribution in [2.24, 2.45) is 10.9 Å². The van der Waals surface area contributed by atoms with Crippen LogP contribution in [-0.2, 0) is 5.54 Å². The zero-order valence-electron chi connectivity index (χ0n) is 22.1. The lowest BCUT2D eigenvalue weighted by Gasteiger charge is -2.22. The molecule has 0 saturated heterocycles. The fraction of sp³-hybridized carbons (Fsp3) is 0.200. The van der Waals surface area contributed by atoms with E-state index in [0.717, 1.165) is 27.8 Å². The molecule has 40 heavy (non-hydrogen) atoms. The van der Waals surface area contributed by atoms with Crippen LogP contribution in [0.4, 0.5) is 11.4 Å². The molecule has 1 aliphatic heterocycles. The topological polar surface area (TPSA) is 114 Å². The number of amides is 1. The number of anilines is 2. The molecule has 3 atom stereocenters. The van der Waals surface area contributed by atoms with E-state index in [9.17, 15) is 4.79 Å². The highest BCUT2D eigenvalue weighted by Crippen LogP contribution is 2.69. The number of amidine groups is 1. The zero-order valence-corrected chi connectivity index (χ0v) is 22.9. The Kier molecular flexibility index (Phi) is 5.60. The van der Waals surface area contributed by atoms with Gasteiger partial charge in [0.25, 0.3) is 5.91 Å². The van der Waals surface area contributed by atoms with E-state index in [1.165, 1.54) is 4.88 Å². The smallest absolute Gasteiger partial charge is 0.255 e. The predicted octanol–water partition coefficient (Wildman–Crippen LogP) is 5.79. The Morgan fingerprint density at radius 1 is 1.02 bits per heavy atom. The molecule has 0 bridgehead atoms. The molecule has 3 heterocycles. The van der Waals surface area contributed by atoms with Crippen LogP contribution in [0.3, 0.4) is 0 Å². The third-order valence-corrected chi connectivity index (χ3v) is 8.80. The molecule has 5 aromatic rings. The molecule has 10 heteroatoms. The van der Waals surface area contributed by atoms with Gasteiger partial charge in [-0.05, 0) is 53.9 Å². The van der Waals surface area contributed by atoms with E-state index in [1.54, 1.807) is 31.8 Å². The number of carbonyl (C=O) groups is 1. The van der Waals surface area contributed by atoms with Crippen molar-refractivity contribution in [1.29, 1.82) is 0 Å². The van der Waals surface area contributed by atoms with Crippen LogP contribution in [-0.4, -0.2) is 41.1 Å². The number of carbonyl (C=O) groups excluding carboxylic acids is 1. The van der Waals surface area contributed by atoms with Crippen molar-refractivity contribution in [3.63, 3.8) is 0 Å². The van der Waals surface area contributed by atoms with Crippen molar-refractivity contribution in [2.45, 2.75) is 18.4 Å². The normalized spacial score (nSPS) is 20.7. The summed E-state index contributed by atoms with van der Waals surface area (Å²) < 4.78 is 10.9. The predicted molar refractivity (Wildman–Crippen MR) is 156 cm³/mol. The summed E-state index contributed by atoms with van der Waals surface area (Å²) in [6.07, 6.45) is 1.74. The molecule has 0 spiro atoms. The second-order valence-electron chi connectivity index (χ2n) is 10.0. The number of aliphatic imine (C=N–C) groups is 1. The van der Waals surface area contributed by atoms with Gasteiger partial charge in [-0.2, -0.15) is 5.10 Å². The van der Waals surface area contributed by atoms with Gasteiger partial charge in [0.1, 0.15) is 5.69 Å². The number of benzene rings is 3. The van der Waals surface area contributed by atoms with E-state index < -0.39 is 5.54 Å². The van der Waals surface area contributed by atoms with E-state index in [1.807, 2.05) is 60.1 Å². The number of nitrogens with zero attached hydrogens (tertiary/aromatic N) is 3. The van der Waals surface area contributed by atoms with E-state index in [2.05, 4.69) is 38.8 Å². The van der Waals surface area contributed by atoms with Gasteiger partial charge in [-0.3, -0.25) is 14.9 Å². The number of fused-ring (bicyclic) bond motifs is 4.